The Hall–Kier alpha value is -1.95. The van der Waals surface area contributed by atoms with Gasteiger partial charge in [-0.2, -0.15) is 0 Å². The molecule has 1 N–H and O–H groups in total. The molecule has 0 radical (unpaired) electrons. The van der Waals surface area contributed by atoms with Crippen molar-refractivity contribution in [1.29, 1.82) is 0 Å². The summed E-state index contributed by atoms with van der Waals surface area (Å²) in [4.78, 5) is 18.4. The molecule has 0 aliphatic carbocycles. The van der Waals surface area contributed by atoms with E-state index in [2.05, 4.69) is 10.3 Å². The number of aromatic nitrogens is 1. The number of rotatable bonds is 4. The number of nitrogens with zero attached hydrogens (tertiary/aromatic N) is 1. The lowest BCUT2D eigenvalue weighted by Gasteiger charge is -2.13. The molecular weight excluding hydrogens is 356 g/mol. The predicted octanol–water partition coefficient (Wildman–Crippen LogP) is 4.53. The van der Waals surface area contributed by atoms with Gasteiger partial charge in [0, 0.05) is 18.5 Å². The average Bonchev–Trinajstić information content (AvgIpc) is 3.30. The minimum atomic E-state index is -0.0991. The number of para-hydroxylation sites is 1. The maximum Gasteiger partial charge on any atom is 0.252 e. The van der Waals surface area contributed by atoms with E-state index in [1.54, 1.807) is 0 Å². The van der Waals surface area contributed by atoms with E-state index in [1.807, 2.05) is 42.5 Å². The second-order valence-corrected chi connectivity index (χ2v) is 7.74. The summed E-state index contributed by atoms with van der Waals surface area (Å²) in [5, 5.41) is 3.85. The fraction of sp³-hybridized carbons (Fsp3) is 0.263. The minimum absolute atomic E-state index is 0.0991. The van der Waals surface area contributed by atoms with Crippen molar-refractivity contribution in [2.45, 2.75) is 18.9 Å². The van der Waals surface area contributed by atoms with E-state index in [4.69, 9.17) is 16.3 Å². The number of benzene rings is 1. The number of carbonyl (C=O) groups excluding carboxylic acids is 1. The molecule has 4 rings (SSSR count). The smallest absolute Gasteiger partial charge is 0.252 e. The van der Waals surface area contributed by atoms with Crippen molar-refractivity contribution >= 4 is 39.7 Å². The van der Waals surface area contributed by atoms with E-state index < -0.39 is 0 Å². The predicted molar refractivity (Wildman–Crippen MR) is 101 cm³/mol. The van der Waals surface area contributed by atoms with Gasteiger partial charge in [-0.3, -0.25) is 4.79 Å². The van der Waals surface area contributed by atoms with Crippen LogP contribution in [0.2, 0.25) is 4.34 Å². The Bertz CT molecular complexity index is 919. The molecular formula is C19H17ClN2O2S. The molecule has 1 aliphatic heterocycles. The highest BCUT2D eigenvalue weighted by Crippen LogP contribution is 2.32. The number of fused-ring (bicyclic) bond motifs is 1. The quantitative estimate of drug-likeness (QED) is 0.732. The summed E-state index contributed by atoms with van der Waals surface area (Å²) in [7, 11) is 0. The molecule has 3 heterocycles. The summed E-state index contributed by atoms with van der Waals surface area (Å²) in [6.45, 7) is 1.32. The van der Waals surface area contributed by atoms with Crippen LogP contribution in [0.15, 0.2) is 42.5 Å². The highest BCUT2D eigenvalue weighted by Gasteiger charge is 2.19. The molecule has 1 amide bonds. The molecule has 25 heavy (non-hydrogen) atoms. The van der Waals surface area contributed by atoms with E-state index in [9.17, 15) is 4.79 Å². The molecule has 0 saturated carbocycles. The SMILES string of the molecule is O=C(NC[C@H]1CCCO1)c1cc(-c2ccc(Cl)s2)nc2ccccc12. The number of hydrogen-bond donors (Lipinski definition) is 1. The van der Waals surface area contributed by atoms with E-state index >= 15 is 0 Å². The number of hydrogen-bond acceptors (Lipinski definition) is 4. The van der Waals surface area contributed by atoms with Crippen LogP contribution in [0, 0.1) is 0 Å². The lowest BCUT2D eigenvalue weighted by Crippen LogP contribution is -2.31. The molecule has 128 valence electrons. The molecule has 0 bridgehead atoms. The molecule has 3 aromatic rings. The van der Waals surface area contributed by atoms with Crippen LogP contribution in [-0.2, 0) is 4.74 Å². The molecule has 0 spiro atoms. The molecule has 6 heteroatoms. The van der Waals surface area contributed by atoms with Crippen molar-refractivity contribution in [1.82, 2.24) is 10.3 Å². The van der Waals surface area contributed by atoms with E-state index in [0.717, 1.165) is 40.9 Å². The summed E-state index contributed by atoms with van der Waals surface area (Å²) < 4.78 is 6.29. The summed E-state index contributed by atoms with van der Waals surface area (Å²) in [6.07, 6.45) is 2.17. The highest BCUT2D eigenvalue weighted by molar-refractivity contribution is 7.19. The van der Waals surface area contributed by atoms with Gasteiger partial charge in [-0.1, -0.05) is 29.8 Å². The first-order valence-corrected chi connectivity index (χ1v) is 9.45. The van der Waals surface area contributed by atoms with Gasteiger partial charge < -0.3 is 10.1 Å². The van der Waals surface area contributed by atoms with E-state index in [1.165, 1.54) is 11.3 Å². The average molecular weight is 373 g/mol. The van der Waals surface area contributed by atoms with Gasteiger partial charge >= 0.3 is 0 Å². The minimum Gasteiger partial charge on any atom is -0.376 e. The monoisotopic (exact) mass is 372 g/mol. The first kappa shape index (κ1) is 16.5. The Morgan fingerprint density at radius 1 is 1.32 bits per heavy atom. The second kappa shape index (κ2) is 7.12. The normalized spacial score (nSPS) is 17.1. The third-order valence-electron chi connectivity index (χ3n) is 4.30. The van der Waals surface area contributed by atoms with Gasteiger partial charge in [0.05, 0.1) is 32.1 Å². The number of amides is 1. The zero-order valence-corrected chi connectivity index (χ0v) is 15.1. The zero-order valence-electron chi connectivity index (χ0n) is 13.5. The van der Waals surface area contributed by atoms with Crippen LogP contribution in [0.25, 0.3) is 21.5 Å². The third-order valence-corrected chi connectivity index (χ3v) is 5.55. The van der Waals surface area contributed by atoms with Crippen LogP contribution in [-0.4, -0.2) is 30.1 Å². The highest BCUT2D eigenvalue weighted by atomic mass is 35.5. The standard InChI is InChI=1S/C19H17ClN2O2S/c20-18-8-7-17(25-18)16-10-14(13-5-1-2-6-15(13)22-16)19(23)21-11-12-4-3-9-24-12/h1-2,5-8,10,12H,3-4,9,11H2,(H,21,23)/t12-/m1/s1. The van der Waals surface area contributed by atoms with Crippen LogP contribution in [0.1, 0.15) is 23.2 Å². The van der Waals surface area contributed by atoms with Gasteiger partial charge in [-0.25, -0.2) is 4.98 Å². The number of ether oxygens (including phenoxy) is 1. The van der Waals surface area contributed by atoms with Crippen molar-refractivity contribution in [2.75, 3.05) is 13.2 Å². The number of carbonyl (C=O) groups is 1. The molecule has 1 aromatic carbocycles. The number of pyridine rings is 1. The molecule has 1 atom stereocenters. The van der Waals surface area contributed by atoms with E-state index in [-0.39, 0.29) is 12.0 Å². The van der Waals surface area contributed by atoms with Gasteiger partial charge in [0.25, 0.3) is 5.91 Å². The molecule has 1 saturated heterocycles. The molecule has 1 aliphatic rings. The van der Waals surface area contributed by atoms with Crippen LogP contribution >= 0.6 is 22.9 Å². The van der Waals surface area contributed by atoms with Crippen LogP contribution in [0.4, 0.5) is 0 Å². The number of nitrogens with one attached hydrogen (secondary N) is 1. The van der Waals surface area contributed by atoms with Crippen molar-refractivity contribution in [3.63, 3.8) is 0 Å². The third kappa shape index (κ3) is 3.54. The first-order chi connectivity index (χ1) is 12.2. The Morgan fingerprint density at radius 2 is 2.20 bits per heavy atom. The molecule has 1 fully saturated rings. The summed E-state index contributed by atoms with van der Waals surface area (Å²) in [6, 6.07) is 13.3. The number of thiophene rings is 1. The van der Waals surface area contributed by atoms with Crippen molar-refractivity contribution in [3.8, 4) is 10.6 Å². The molecule has 0 unspecified atom stereocenters. The largest absolute Gasteiger partial charge is 0.376 e. The second-order valence-electron chi connectivity index (χ2n) is 6.02. The summed E-state index contributed by atoms with van der Waals surface area (Å²) in [5.74, 6) is -0.0991. The maximum atomic E-state index is 12.8. The van der Waals surface area contributed by atoms with Crippen LogP contribution in [0.5, 0.6) is 0 Å². The summed E-state index contributed by atoms with van der Waals surface area (Å²) in [5.41, 5.74) is 2.19. The maximum absolute atomic E-state index is 12.8. The zero-order chi connectivity index (χ0) is 17.2. The van der Waals surface area contributed by atoms with Gasteiger partial charge in [-0.15, -0.1) is 11.3 Å². The Kier molecular flexibility index (Phi) is 4.70. The Balaban J connectivity index is 1.69. The topological polar surface area (TPSA) is 51.2 Å². The van der Waals surface area contributed by atoms with Crippen LogP contribution < -0.4 is 5.32 Å². The van der Waals surface area contributed by atoms with Crippen molar-refractivity contribution in [2.24, 2.45) is 0 Å². The number of halogens is 1. The van der Waals surface area contributed by atoms with Crippen molar-refractivity contribution in [3.05, 3.63) is 52.4 Å². The Morgan fingerprint density at radius 3 is 2.96 bits per heavy atom. The van der Waals surface area contributed by atoms with Gasteiger partial charge in [-0.05, 0) is 37.1 Å². The van der Waals surface area contributed by atoms with Gasteiger partial charge in [0.1, 0.15) is 0 Å². The summed E-state index contributed by atoms with van der Waals surface area (Å²) >= 11 is 7.51. The Labute approximate surface area is 154 Å². The lowest BCUT2D eigenvalue weighted by molar-refractivity contribution is 0.0859. The van der Waals surface area contributed by atoms with Crippen molar-refractivity contribution < 1.29 is 9.53 Å². The lowest BCUT2D eigenvalue weighted by atomic mass is 10.1. The van der Waals surface area contributed by atoms with Gasteiger partial charge in [0.15, 0.2) is 0 Å². The molecule has 4 nitrogen and oxygen atoms in total. The van der Waals surface area contributed by atoms with Gasteiger partial charge in [0.2, 0.25) is 0 Å². The fourth-order valence-corrected chi connectivity index (χ4v) is 4.05. The van der Waals surface area contributed by atoms with E-state index in [0.29, 0.717) is 16.4 Å². The molecule has 2 aromatic heterocycles. The first-order valence-electron chi connectivity index (χ1n) is 8.26. The fourth-order valence-electron chi connectivity index (χ4n) is 3.05. The van der Waals surface area contributed by atoms with Crippen LogP contribution in [0.3, 0.4) is 0 Å².